The standard InChI is InChI=1S/C19H17N5O2S/c20-10-16-19(22-8-7-21-16)26-14-4-2-13(3-5-14)24-18(25)12-1-6-15-17(9-12)27-11-23-15/h1,6-9,11,13-14H,2-5H2,(H,24,25). The van der Waals surface area contributed by atoms with E-state index in [2.05, 4.69) is 20.3 Å². The van der Waals surface area contributed by atoms with Gasteiger partial charge in [-0.25, -0.2) is 15.0 Å². The van der Waals surface area contributed by atoms with E-state index < -0.39 is 0 Å². The van der Waals surface area contributed by atoms with Gasteiger partial charge in [0.2, 0.25) is 5.69 Å². The summed E-state index contributed by atoms with van der Waals surface area (Å²) in [6, 6.07) is 7.67. The lowest BCUT2D eigenvalue weighted by Crippen LogP contribution is -2.39. The van der Waals surface area contributed by atoms with Gasteiger partial charge in [-0.3, -0.25) is 4.79 Å². The summed E-state index contributed by atoms with van der Waals surface area (Å²) in [5, 5.41) is 12.2. The maximum Gasteiger partial charge on any atom is 0.251 e. The van der Waals surface area contributed by atoms with Crippen LogP contribution in [0.3, 0.4) is 0 Å². The number of aromatic nitrogens is 3. The van der Waals surface area contributed by atoms with Crippen molar-refractivity contribution < 1.29 is 9.53 Å². The number of hydrogen-bond donors (Lipinski definition) is 1. The van der Waals surface area contributed by atoms with Crippen molar-refractivity contribution in [3.05, 3.63) is 47.4 Å². The molecule has 27 heavy (non-hydrogen) atoms. The molecule has 1 saturated carbocycles. The highest BCUT2D eigenvalue weighted by Gasteiger charge is 2.25. The minimum absolute atomic E-state index is 0.0181. The van der Waals surface area contributed by atoms with Gasteiger partial charge in [-0.05, 0) is 43.9 Å². The van der Waals surface area contributed by atoms with Crippen LogP contribution in [-0.2, 0) is 0 Å². The van der Waals surface area contributed by atoms with E-state index in [9.17, 15) is 4.79 Å². The Morgan fingerprint density at radius 1 is 1.19 bits per heavy atom. The second-order valence-electron chi connectivity index (χ2n) is 6.42. The SMILES string of the molecule is N#Cc1nccnc1OC1CCC(NC(=O)c2ccc3ncsc3c2)CC1. The zero-order valence-corrected chi connectivity index (χ0v) is 15.3. The number of nitrogens with zero attached hydrogens (tertiary/aromatic N) is 4. The minimum Gasteiger partial charge on any atom is -0.472 e. The number of ether oxygens (including phenoxy) is 1. The Balaban J connectivity index is 1.32. The third-order valence-corrected chi connectivity index (χ3v) is 5.44. The Bertz CT molecular complexity index is 1000. The number of benzene rings is 1. The van der Waals surface area contributed by atoms with Crippen LogP contribution in [0.2, 0.25) is 0 Å². The summed E-state index contributed by atoms with van der Waals surface area (Å²) < 4.78 is 6.85. The molecule has 8 heteroatoms. The second-order valence-corrected chi connectivity index (χ2v) is 7.31. The van der Waals surface area contributed by atoms with Gasteiger partial charge in [0.15, 0.2) is 0 Å². The summed E-state index contributed by atoms with van der Waals surface area (Å²) in [5.74, 6) is 0.223. The van der Waals surface area contributed by atoms with Crippen molar-refractivity contribution in [2.45, 2.75) is 37.8 Å². The van der Waals surface area contributed by atoms with Gasteiger partial charge in [-0.1, -0.05) is 0 Å². The molecule has 2 heterocycles. The number of carbonyl (C=O) groups is 1. The number of amides is 1. The van der Waals surface area contributed by atoms with E-state index in [0.29, 0.717) is 5.56 Å². The fourth-order valence-corrected chi connectivity index (χ4v) is 3.95. The van der Waals surface area contributed by atoms with Crippen molar-refractivity contribution in [3.63, 3.8) is 0 Å². The Morgan fingerprint density at radius 2 is 2.00 bits per heavy atom. The Morgan fingerprint density at radius 3 is 2.81 bits per heavy atom. The zero-order valence-electron chi connectivity index (χ0n) is 14.5. The highest BCUT2D eigenvalue weighted by Crippen LogP contribution is 2.25. The molecule has 0 saturated heterocycles. The molecule has 1 N–H and O–H groups in total. The molecule has 2 aromatic heterocycles. The largest absolute Gasteiger partial charge is 0.472 e. The van der Waals surface area contributed by atoms with Crippen molar-refractivity contribution >= 4 is 27.5 Å². The van der Waals surface area contributed by atoms with E-state index in [-0.39, 0.29) is 29.6 Å². The number of thiazole rings is 1. The van der Waals surface area contributed by atoms with E-state index >= 15 is 0 Å². The van der Waals surface area contributed by atoms with Gasteiger partial charge in [0, 0.05) is 24.0 Å². The van der Waals surface area contributed by atoms with Crippen LogP contribution < -0.4 is 10.1 Å². The molecule has 0 radical (unpaired) electrons. The molecular formula is C19H17N5O2S. The van der Waals surface area contributed by atoms with Gasteiger partial charge in [-0.15, -0.1) is 11.3 Å². The first-order valence-corrected chi connectivity index (χ1v) is 9.63. The average molecular weight is 379 g/mol. The Hall–Kier alpha value is -3.05. The summed E-state index contributed by atoms with van der Waals surface area (Å²) in [4.78, 5) is 24.8. The van der Waals surface area contributed by atoms with Crippen LogP contribution in [-0.4, -0.2) is 33.0 Å². The lowest BCUT2D eigenvalue weighted by atomic mass is 9.92. The fraction of sp³-hybridized carbons (Fsp3) is 0.316. The number of rotatable bonds is 4. The molecule has 0 spiro atoms. The monoisotopic (exact) mass is 379 g/mol. The first-order chi connectivity index (χ1) is 13.2. The third kappa shape index (κ3) is 3.88. The van der Waals surface area contributed by atoms with Crippen LogP contribution in [0.15, 0.2) is 36.1 Å². The number of nitriles is 1. The second kappa shape index (κ2) is 7.68. The van der Waals surface area contributed by atoms with Crippen LogP contribution in [0.1, 0.15) is 41.7 Å². The molecule has 4 rings (SSSR count). The zero-order chi connectivity index (χ0) is 18.6. The van der Waals surface area contributed by atoms with Gasteiger partial charge in [0.1, 0.15) is 12.2 Å². The van der Waals surface area contributed by atoms with E-state index in [4.69, 9.17) is 10.00 Å². The Kier molecular flexibility index (Phi) is 4.94. The van der Waals surface area contributed by atoms with Gasteiger partial charge in [-0.2, -0.15) is 5.26 Å². The molecule has 3 aromatic rings. The first-order valence-electron chi connectivity index (χ1n) is 8.75. The predicted octanol–water partition coefficient (Wildman–Crippen LogP) is 3.08. The van der Waals surface area contributed by atoms with E-state index in [1.54, 1.807) is 5.51 Å². The third-order valence-electron chi connectivity index (χ3n) is 4.65. The van der Waals surface area contributed by atoms with Crippen LogP contribution in [0, 0.1) is 11.3 Å². The van der Waals surface area contributed by atoms with Crippen molar-refractivity contribution in [2.75, 3.05) is 0 Å². The maximum atomic E-state index is 12.5. The first kappa shape index (κ1) is 17.4. The van der Waals surface area contributed by atoms with Gasteiger partial charge >= 0.3 is 0 Å². The molecule has 1 aliphatic carbocycles. The van der Waals surface area contributed by atoms with E-state index in [0.717, 1.165) is 35.9 Å². The van der Waals surface area contributed by atoms with Gasteiger partial charge < -0.3 is 10.1 Å². The number of fused-ring (bicyclic) bond motifs is 1. The summed E-state index contributed by atoms with van der Waals surface area (Å²) >= 11 is 1.53. The molecule has 0 bridgehead atoms. The van der Waals surface area contributed by atoms with Crippen LogP contribution in [0.25, 0.3) is 10.2 Å². The molecular weight excluding hydrogens is 362 g/mol. The molecule has 0 aliphatic heterocycles. The summed E-state index contributed by atoms with van der Waals surface area (Å²) in [7, 11) is 0. The van der Waals surface area contributed by atoms with Crippen molar-refractivity contribution in [1.29, 1.82) is 5.26 Å². The highest BCUT2D eigenvalue weighted by molar-refractivity contribution is 7.16. The number of carbonyl (C=O) groups excluding carboxylic acids is 1. The quantitative estimate of drug-likeness (QED) is 0.748. The summed E-state index contributed by atoms with van der Waals surface area (Å²) in [6.07, 6.45) is 6.20. The van der Waals surface area contributed by atoms with Crippen molar-refractivity contribution in [3.8, 4) is 11.9 Å². The molecule has 1 fully saturated rings. The summed E-state index contributed by atoms with van der Waals surface area (Å²) in [5.41, 5.74) is 3.55. The lowest BCUT2D eigenvalue weighted by Gasteiger charge is -2.29. The minimum atomic E-state index is -0.0599. The highest BCUT2D eigenvalue weighted by atomic mass is 32.1. The molecule has 0 unspecified atom stereocenters. The van der Waals surface area contributed by atoms with Crippen LogP contribution in [0.4, 0.5) is 0 Å². The molecule has 1 aliphatic rings. The topological polar surface area (TPSA) is 101 Å². The number of nitrogens with one attached hydrogen (secondary N) is 1. The lowest BCUT2D eigenvalue weighted by molar-refractivity contribution is 0.0889. The maximum absolute atomic E-state index is 12.5. The van der Waals surface area contributed by atoms with Crippen molar-refractivity contribution in [1.82, 2.24) is 20.3 Å². The van der Waals surface area contributed by atoms with Crippen molar-refractivity contribution in [2.24, 2.45) is 0 Å². The average Bonchev–Trinajstić information content (AvgIpc) is 3.17. The molecule has 136 valence electrons. The fourth-order valence-electron chi connectivity index (χ4n) is 3.24. The van der Waals surface area contributed by atoms with E-state index in [1.807, 2.05) is 24.3 Å². The molecule has 0 atom stereocenters. The van der Waals surface area contributed by atoms with E-state index in [1.165, 1.54) is 23.7 Å². The predicted molar refractivity (Wildman–Crippen MR) is 101 cm³/mol. The molecule has 7 nitrogen and oxygen atoms in total. The van der Waals surface area contributed by atoms with Gasteiger partial charge in [0.25, 0.3) is 11.8 Å². The number of hydrogen-bond acceptors (Lipinski definition) is 7. The normalized spacial score (nSPS) is 19.4. The summed E-state index contributed by atoms with van der Waals surface area (Å²) in [6.45, 7) is 0. The molecule has 1 amide bonds. The molecule has 1 aromatic carbocycles. The van der Waals surface area contributed by atoms with Crippen LogP contribution >= 0.6 is 11.3 Å². The smallest absolute Gasteiger partial charge is 0.251 e. The Labute approximate surface area is 160 Å². The van der Waals surface area contributed by atoms with Gasteiger partial charge in [0.05, 0.1) is 15.7 Å². The van der Waals surface area contributed by atoms with Crippen LogP contribution in [0.5, 0.6) is 5.88 Å².